The van der Waals surface area contributed by atoms with Gasteiger partial charge in [0.05, 0.1) is 17.5 Å². The number of nitrogens with one attached hydrogen (secondary N) is 2. The van der Waals surface area contributed by atoms with Gasteiger partial charge in [-0.1, -0.05) is 13.8 Å². The molecule has 0 radical (unpaired) electrons. The Hall–Kier alpha value is -1.50. The van der Waals surface area contributed by atoms with Crippen molar-refractivity contribution in [2.24, 2.45) is 5.41 Å². The molecule has 6 nitrogen and oxygen atoms in total. The molecular weight excluding hydrogens is 328 g/mol. The van der Waals surface area contributed by atoms with Crippen LogP contribution >= 0.6 is 0 Å². The van der Waals surface area contributed by atoms with E-state index in [0.717, 1.165) is 29.9 Å². The van der Waals surface area contributed by atoms with Gasteiger partial charge >= 0.3 is 6.03 Å². The Kier molecular flexibility index (Phi) is 4.40. The third-order valence-corrected chi connectivity index (χ3v) is 6.66. The summed E-state index contributed by atoms with van der Waals surface area (Å²) in [6, 6.07) is 1.28. The van der Waals surface area contributed by atoms with Gasteiger partial charge in [0.2, 0.25) is 0 Å². The molecule has 0 unspecified atom stereocenters. The Morgan fingerprint density at radius 1 is 1.33 bits per heavy atom. The number of carbonyl (C=O) groups excluding carboxylic acids is 1. The lowest BCUT2D eigenvalue weighted by Crippen LogP contribution is -2.49. The number of urea groups is 1. The first-order valence-corrected chi connectivity index (χ1v) is 10.3. The summed E-state index contributed by atoms with van der Waals surface area (Å²) in [4.78, 5) is 12.4. The van der Waals surface area contributed by atoms with E-state index >= 15 is 0 Å². The van der Waals surface area contributed by atoms with Crippen LogP contribution in [0.1, 0.15) is 56.2 Å². The highest BCUT2D eigenvalue weighted by molar-refractivity contribution is 7.91. The molecule has 2 heterocycles. The molecule has 134 valence electrons. The fraction of sp³-hybridized carbons (Fsp3) is 0.706. The fourth-order valence-electron chi connectivity index (χ4n) is 3.84. The van der Waals surface area contributed by atoms with Gasteiger partial charge in [-0.15, -0.1) is 0 Å². The number of hydrogen-bond acceptors (Lipinski definition) is 4. The van der Waals surface area contributed by atoms with E-state index in [1.54, 1.807) is 0 Å². The molecule has 0 bridgehead atoms. The van der Waals surface area contributed by atoms with Crippen LogP contribution in [0.2, 0.25) is 0 Å². The average Bonchev–Trinajstić information content (AvgIpc) is 2.76. The van der Waals surface area contributed by atoms with E-state index in [0.29, 0.717) is 12.8 Å². The van der Waals surface area contributed by atoms with Crippen molar-refractivity contribution >= 4 is 15.9 Å². The first kappa shape index (κ1) is 17.3. The Bertz CT molecular complexity index is 736. The number of hydrogen-bond donors (Lipinski definition) is 2. The summed E-state index contributed by atoms with van der Waals surface area (Å²) in [5.74, 6) is 2.05. The predicted molar refractivity (Wildman–Crippen MR) is 91.6 cm³/mol. The fourth-order valence-corrected chi connectivity index (χ4v) is 5.47. The second-order valence-electron chi connectivity index (χ2n) is 7.90. The molecule has 7 heteroatoms. The largest absolute Gasteiger partial charge is 0.466 e. The van der Waals surface area contributed by atoms with Gasteiger partial charge in [-0.3, -0.25) is 0 Å². The molecule has 2 atom stereocenters. The lowest BCUT2D eigenvalue weighted by Gasteiger charge is -2.35. The number of aryl methyl sites for hydroxylation is 1. The second-order valence-corrected chi connectivity index (χ2v) is 10.1. The molecule has 2 aliphatic rings. The van der Waals surface area contributed by atoms with Crippen molar-refractivity contribution in [2.75, 3.05) is 11.5 Å². The minimum atomic E-state index is -3.03. The maximum absolute atomic E-state index is 12.4. The van der Waals surface area contributed by atoms with Gasteiger partial charge in [0, 0.05) is 18.0 Å². The van der Waals surface area contributed by atoms with Crippen LogP contribution in [0.3, 0.4) is 0 Å². The number of amides is 2. The van der Waals surface area contributed by atoms with Crippen LogP contribution in [0.15, 0.2) is 10.5 Å². The van der Waals surface area contributed by atoms with Crippen molar-refractivity contribution in [3.63, 3.8) is 0 Å². The van der Waals surface area contributed by atoms with Crippen LogP contribution in [-0.2, 0) is 16.3 Å². The van der Waals surface area contributed by atoms with Crippen LogP contribution in [-0.4, -0.2) is 32.0 Å². The summed E-state index contributed by atoms with van der Waals surface area (Å²) in [6.45, 7) is 6.23. The lowest BCUT2D eigenvalue weighted by molar-refractivity contribution is 0.212. The molecular formula is C17H26N2O4S. The van der Waals surface area contributed by atoms with Crippen LogP contribution in [0.25, 0.3) is 0 Å². The zero-order valence-corrected chi connectivity index (χ0v) is 15.3. The summed E-state index contributed by atoms with van der Waals surface area (Å²) in [6.07, 6.45) is 3.00. The Balaban J connectivity index is 1.68. The second kappa shape index (κ2) is 6.10. The van der Waals surface area contributed by atoms with Crippen molar-refractivity contribution in [3.8, 4) is 0 Å². The van der Waals surface area contributed by atoms with Crippen LogP contribution in [0, 0.1) is 12.3 Å². The minimum Gasteiger partial charge on any atom is -0.466 e. The van der Waals surface area contributed by atoms with Crippen molar-refractivity contribution in [1.29, 1.82) is 0 Å². The molecule has 1 aliphatic carbocycles. The van der Waals surface area contributed by atoms with Gasteiger partial charge in [-0.2, -0.15) is 0 Å². The Morgan fingerprint density at radius 2 is 2.08 bits per heavy atom. The van der Waals surface area contributed by atoms with Crippen molar-refractivity contribution < 1.29 is 17.6 Å². The SMILES string of the molecule is Cc1cc2c(o1)CC(C)(C)C[C@@H]2NC(=O)N[C@@H]1CCCS(=O)(=O)C1. The van der Waals surface area contributed by atoms with E-state index in [1.165, 1.54) is 0 Å². The predicted octanol–water partition coefficient (Wildman–Crippen LogP) is 2.48. The quantitative estimate of drug-likeness (QED) is 0.854. The highest BCUT2D eigenvalue weighted by Crippen LogP contribution is 2.41. The van der Waals surface area contributed by atoms with Crippen LogP contribution in [0.5, 0.6) is 0 Å². The molecule has 0 saturated carbocycles. The number of rotatable bonds is 2. The topological polar surface area (TPSA) is 88.4 Å². The molecule has 3 rings (SSSR count). The molecule has 1 aromatic rings. The highest BCUT2D eigenvalue weighted by atomic mass is 32.2. The summed E-state index contributed by atoms with van der Waals surface area (Å²) >= 11 is 0. The number of carbonyl (C=O) groups is 1. The zero-order valence-electron chi connectivity index (χ0n) is 14.5. The summed E-state index contributed by atoms with van der Waals surface area (Å²) in [7, 11) is -3.03. The number of sulfone groups is 1. The number of fused-ring (bicyclic) bond motifs is 1. The third kappa shape index (κ3) is 3.94. The minimum absolute atomic E-state index is 0.0344. The van der Waals surface area contributed by atoms with Gasteiger partial charge in [-0.25, -0.2) is 13.2 Å². The Labute approximate surface area is 143 Å². The Morgan fingerprint density at radius 3 is 2.79 bits per heavy atom. The molecule has 1 aliphatic heterocycles. The highest BCUT2D eigenvalue weighted by Gasteiger charge is 2.36. The van der Waals surface area contributed by atoms with Crippen molar-refractivity contribution in [3.05, 3.63) is 23.2 Å². The van der Waals surface area contributed by atoms with Crippen molar-refractivity contribution in [2.45, 2.75) is 58.5 Å². The van der Waals surface area contributed by atoms with Crippen LogP contribution < -0.4 is 10.6 Å². The van der Waals surface area contributed by atoms with Gasteiger partial charge in [0.1, 0.15) is 11.5 Å². The van der Waals surface area contributed by atoms with Gasteiger partial charge in [0.15, 0.2) is 9.84 Å². The molecule has 1 fully saturated rings. The monoisotopic (exact) mass is 354 g/mol. The summed E-state index contributed by atoms with van der Waals surface area (Å²) in [5, 5.41) is 5.84. The van der Waals surface area contributed by atoms with E-state index < -0.39 is 9.84 Å². The van der Waals surface area contributed by atoms with Crippen molar-refractivity contribution in [1.82, 2.24) is 10.6 Å². The molecule has 1 aromatic heterocycles. The van der Waals surface area contributed by atoms with Gasteiger partial charge in [0.25, 0.3) is 0 Å². The van der Waals surface area contributed by atoms with E-state index in [-0.39, 0.29) is 35.0 Å². The average molecular weight is 354 g/mol. The maximum atomic E-state index is 12.4. The third-order valence-electron chi connectivity index (χ3n) is 4.84. The van der Waals surface area contributed by atoms with Gasteiger partial charge in [-0.05, 0) is 37.7 Å². The van der Waals surface area contributed by atoms with Gasteiger partial charge < -0.3 is 15.1 Å². The van der Waals surface area contributed by atoms with Crippen LogP contribution in [0.4, 0.5) is 4.79 Å². The van der Waals surface area contributed by atoms with E-state index in [4.69, 9.17) is 4.42 Å². The lowest BCUT2D eigenvalue weighted by atomic mass is 9.75. The first-order chi connectivity index (χ1) is 11.1. The summed E-state index contributed by atoms with van der Waals surface area (Å²) < 4.78 is 29.2. The molecule has 0 aromatic carbocycles. The number of furan rings is 1. The molecule has 1 saturated heterocycles. The molecule has 0 spiro atoms. The smallest absolute Gasteiger partial charge is 0.315 e. The zero-order chi connectivity index (χ0) is 17.5. The van der Waals surface area contributed by atoms with E-state index in [2.05, 4.69) is 24.5 Å². The normalized spacial score (nSPS) is 28.0. The summed E-state index contributed by atoms with van der Waals surface area (Å²) in [5.41, 5.74) is 1.09. The molecule has 24 heavy (non-hydrogen) atoms. The van der Waals surface area contributed by atoms with E-state index in [9.17, 15) is 13.2 Å². The maximum Gasteiger partial charge on any atom is 0.315 e. The first-order valence-electron chi connectivity index (χ1n) is 8.50. The molecule has 2 N–H and O–H groups in total. The van der Waals surface area contributed by atoms with E-state index in [1.807, 2.05) is 13.0 Å². The standard InChI is InChI=1S/C17H26N2O4S/c1-11-7-13-14(8-17(2,3)9-15(13)23-11)19-16(20)18-12-5-4-6-24(21,22)10-12/h7,12,14H,4-6,8-10H2,1-3H3,(H2,18,19,20)/t12-,14+/m1/s1. The molecule has 2 amide bonds.